The highest BCUT2D eigenvalue weighted by atomic mass is 127. The summed E-state index contributed by atoms with van der Waals surface area (Å²) in [5.74, 6) is 0. The molecule has 2 atom stereocenters. The Bertz CT molecular complexity index is 167. The van der Waals surface area contributed by atoms with Crippen molar-refractivity contribution in [3.05, 3.63) is 0 Å². The third kappa shape index (κ3) is 8.68. The van der Waals surface area contributed by atoms with Crippen LogP contribution in [0.5, 0.6) is 0 Å². The van der Waals surface area contributed by atoms with Gasteiger partial charge in [-0.2, -0.15) is 0 Å². The number of alkyl halides is 1. The van der Waals surface area contributed by atoms with Crippen molar-refractivity contribution in [3.63, 3.8) is 0 Å². The van der Waals surface area contributed by atoms with Crippen molar-refractivity contribution in [3.8, 4) is 0 Å². The summed E-state index contributed by atoms with van der Waals surface area (Å²) in [7, 11) is 4.09. The van der Waals surface area contributed by atoms with Gasteiger partial charge in [0.25, 0.3) is 0 Å². The molecule has 0 aliphatic carbocycles. The molecule has 0 heterocycles. The van der Waals surface area contributed by atoms with Gasteiger partial charge in [-0.3, -0.25) is 0 Å². The minimum Gasteiger partial charge on any atom is -0.309 e. The third-order valence-corrected chi connectivity index (χ3v) is 2.46. The molecule has 0 aliphatic heterocycles. The Balaban J connectivity index is 0. The number of halogens is 2. The molecule has 5 heteroatoms. The first-order chi connectivity index (χ1) is 5.57. The summed E-state index contributed by atoms with van der Waals surface area (Å²) in [6.07, 6.45) is 1.00. The molecule has 0 amide bonds. The molecule has 2 unspecified atom stereocenters. The minimum absolute atomic E-state index is 0. The van der Waals surface area contributed by atoms with E-state index < -0.39 is 0 Å². The van der Waals surface area contributed by atoms with Crippen molar-refractivity contribution in [2.24, 2.45) is 4.99 Å². The minimum atomic E-state index is 0. The van der Waals surface area contributed by atoms with Crippen molar-refractivity contribution in [1.29, 1.82) is 5.41 Å². The number of aliphatic imine (C=N–C) groups is 1. The largest absolute Gasteiger partial charge is 0.309 e. The Morgan fingerprint density at radius 2 is 2.08 bits per heavy atom. The molecule has 0 aromatic carbocycles. The van der Waals surface area contributed by atoms with E-state index in [1.807, 2.05) is 14.1 Å². The zero-order chi connectivity index (χ0) is 9.56. The molecule has 0 aromatic heterocycles. The Kier molecular flexibility index (Phi) is 10.9. The molecule has 0 rings (SSSR count). The number of hydrogen-bond donors (Lipinski definition) is 1. The first-order valence-corrected chi connectivity index (χ1v) is 5.23. The second kappa shape index (κ2) is 8.94. The lowest BCUT2D eigenvalue weighted by molar-refractivity contribution is 0.382. The van der Waals surface area contributed by atoms with Crippen LogP contribution in [0.2, 0.25) is 0 Å². The maximum Gasteiger partial charge on any atom is 0.0865 e. The molecule has 0 aromatic rings. The first-order valence-electron chi connectivity index (χ1n) is 3.98. The lowest BCUT2D eigenvalue weighted by Gasteiger charge is -2.16. The maximum absolute atomic E-state index is 6.78. The van der Waals surface area contributed by atoms with Crippen LogP contribution >= 0.6 is 35.0 Å². The molecular weight excluding hydrogens is 300 g/mol. The molecule has 0 bridgehead atoms. The predicted octanol–water partition coefficient (Wildman–Crippen LogP) is 2.30. The van der Waals surface area contributed by atoms with Gasteiger partial charge in [0.2, 0.25) is 0 Å². The second-order valence-corrected chi connectivity index (χ2v) is 5.04. The van der Waals surface area contributed by atoms with E-state index >= 15 is 0 Å². The van der Waals surface area contributed by atoms with Crippen LogP contribution in [-0.2, 0) is 0 Å². The van der Waals surface area contributed by atoms with Crippen LogP contribution in [0.3, 0.4) is 0 Å². The van der Waals surface area contributed by atoms with Crippen LogP contribution in [0.1, 0.15) is 13.3 Å². The highest BCUT2D eigenvalue weighted by Gasteiger charge is 2.12. The average Bonchev–Trinajstić information content (AvgIpc) is 1.96. The van der Waals surface area contributed by atoms with E-state index in [0.29, 0.717) is 3.92 Å². The van der Waals surface area contributed by atoms with E-state index in [2.05, 4.69) is 45.4 Å². The zero-order valence-corrected chi connectivity index (χ0v) is 11.2. The molecule has 78 valence electrons. The molecule has 0 fully saturated rings. The first kappa shape index (κ1) is 15.8. The van der Waals surface area contributed by atoms with Crippen molar-refractivity contribution in [2.75, 3.05) is 20.6 Å². The van der Waals surface area contributed by atoms with Crippen molar-refractivity contribution in [2.45, 2.75) is 23.3 Å². The fourth-order valence-corrected chi connectivity index (χ4v) is 1.39. The lowest BCUT2D eigenvalue weighted by atomic mass is 10.1. The summed E-state index contributed by atoms with van der Waals surface area (Å²) in [5.41, 5.74) is 0. The van der Waals surface area contributed by atoms with E-state index in [0.717, 1.165) is 13.0 Å². The molecule has 0 saturated heterocycles. The summed E-state index contributed by atoms with van der Waals surface area (Å²) in [4.78, 5) is 6.11. The highest BCUT2D eigenvalue weighted by Crippen LogP contribution is 2.12. The summed E-state index contributed by atoms with van der Waals surface area (Å²) >= 11 is 2.34. The fourth-order valence-electron chi connectivity index (χ4n) is 0.870. The van der Waals surface area contributed by atoms with E-state index in [-0.39, 0.29) is 18.4 Å². The fraction of sp³-hybridized carbons (Fsp3) is 0.875. The van der Waals surface area contributed by atoms with Crippen LogP contribution in [0.25, 0.3) is 0 Å². The van der Waals surface area contributed by atoms with Crippen molar-refractivity contribution >= 4 is 41.0 Å². The average molecular weight is 318 g/mol. The number of nitrogens with zero attached hydrogens (tertiary/aromatic N) is 2. The third-order valence-electron chi connectivity index (χ3n) is 1.63. The van der Waals surface area contributed by atoms with Crippen LogP contribution in [0.4, 0.5) is 0 Å². The molecule has 0 radical (unpaired) electrons. The quantitative estimate of drug-likeness (QED) is 0.472. The smallest absolute Gasteiger partial charge is 0.0865 e. The molecule has 3 nitrogen and oxygen atoms in total. The Labute approximate surface area is 100 Å². The van der Waals surface area contributed by atoms with Gasteiger partial charge < -0.3 is 4.90 Å². The maximum atomic E-state index is 6.78. The molecule has 0 spiro atoms. The van der Waals surface area contributed by atoms with Gasteiger partial charge in [-0.15, -0.1) is 12.4 Å². The number of nitrogens with one attached hydrogen (secondary N) is 1. The zero-order valence-electron chi connectivity index (χ0n) is 8.25. The van der Waals surface area contributed by atoms with Gasteiger partial charge >= 0.3 is 0 Å². The Morgan fingerprint density at radius 3 is 2.38 bits per heavy atom. The standard InChI is InChI=1S/C8H16IN3.ClH/c1-7(9)8(11-6-10)4-5-12(2)3;/h7-8,10H,4-5H2,1-3H3;1H. The number of rotatable bonds is 5. The van der Waals surface area contributed by atoms with Crippen molar-refractivity contribution < 1.29 is 0 Å². The SMILES string of the molecule is CC(I)C(CCN(C)C)N=C=N.Cl. The van der Waals surface area contributed by atoms with E-state index in [1.165, 1.54) is 0 Å². The van der Waals surface area contributed by atoms with Gasteiger partial charge in [-0.25, -0.2) is 10.4 Å². The van der Waals surface area contributed by atoms with E-state index in [1.54, 1.807) is 0 Å². The summed E-state index contributed by atoms with van der Waals surface area (Å²) in [6.45, 7) is 3.13. The van der Waals surface area contributed by atoms with Crippen LogP contribution in [-0.4, -0.2) is 41.5 Å². The summed E-state index contributed by atoms with van der Waals surface area (Å²) in [5, 5.41) is 6.78. The van der Waals surface area contributed by atoms with E-state index in [9.17, 15) is 0 Å². The van der Waals surface area contributed by atoms with Gasteiger partial charge in [0.05, 0.1) is 12.1 Å². The van der Waals surface area contributed by atoms with Gasteiger partial charge in [0.1, 0.15) is 0 Å². The normalized spacial score (nSPS) is 14.2. The van der Waals surface area contributed by atoms with Crippen LogP contribution in [0.15, 0.2) is 4.99 Å². The number of hydrogen-bond acceptors (Lipinski definition) is 3. The highest BCUT2D eigenvalue weighted by molar-refractivity contribution is 14.1. The topological polar surface area (TPSA) is 39.5 Å². The molecule has 0 saturated carbocycles. The predicted molar refractivity (Wildman–Crippen MR) is 67.8 cm³/mol. The lowest BCUT2D eigenvalue weighted by Crippen LogP contribution is -2.23. The molecule has 13 heavy (non-hydrogen) atoms. The Hall–Kier alpha value is 0.360. The van der Waals surface area contributed by atoms with Crippen LogP contribution in [0, 0.1) is 5.41 Å². The second-order valence-electron chi connectivity index (χ2n) is 3.08. The molecule has 0 aliphatic rings. The van der Waals surface area contributed by atoms with Gasteiger partial charge in [0.15, 0.2) is 0 Å². The molecular formula is C8H17ClIN3. The monoisotopic (exact) mass is 317 g/mol. The van der Waals surface area contributed by atoms with Gasteiger partial charge in [0, 0.05) is 3.92 Å². The summed E-state index contributed by atoms with van der Waals surface area (Å²) in [6, 6.07) is 2.37. The van der Waals surface area contributed by atoms with Gasteiger partial charge in [-0.1, -0.05) is 29.5 Å². The van der Waals surface area contributed by atoms with E-state index in [4.69, 9.17) is 5.41 Å². The van der Waals surface area contributed by atoms with Crippen molar-refractivity contribution in [1.82, 2.24) is 4.90 Å². The van der Waals surface area contributed by atoms with Gasteiger partial charge in [-0.05, 0) is 27.1 Å². The Morgan fingerprint density at radius 1 is 1.54 bits per heavy atom. The summed E-state index contributed by atoms with van der Waals surface area (Å²) < 4.78 is 0.473. The van der Waals surface area contributed by atoms with Crippen LogP contribution < -0.4 is 0 Å². The molecule has 1 N–H and O–H groups in total.